The van der Waals surface area contributed by atoms with Crippen molar-refractivity contribution < 1.29 is 19.1 Å². The molecule has 0 spiro atoms. The number of amides is 2. The van der Waals surface area contributed by atoms with E-state index >= 15 is 0 Å². The van der Waals surface area contributed by atoms with Crippen molar-refractivity contribution in [2.24, 2.45) is 0 Å². The molecule has 3 aromatic heterocycles. The third-order valence-corrected chi connectivity index (χ3v) is 6.39. The molecule has 4 heterocycles. The first-order chi connectivity index (χ1) is 18.4. The second-order valence-corrected chi connectivity index (χ2v) is 9.25. The number of nitrogens with zero attached hydrogens (tertiary/aromatic N) is 7. The van der Waals surface area contributed by atoms with E-state index in [-0.39, 0.29) is 24.1 Å². The Labute approximate surface area is 218 Å². The molecule has 38 heavy (non-hydrogen) atoms. The van der Waals surface area contributed by atoms with Gasteiger partial charge in [0, 0.05) is 36.3 Å². The zero-order valence-electron chi connectivity index (χ0n) is 21.6. The molecule has 1 aromatic carbocycles. The van der Waals surface area contributed by atoms with Crippen LogP contribution in [0.25, 0.3) is 16.9 Å². The molecular formula is C25H29N9O4. The summed E-state index contributed by atoms with van der Waals surface area (Å²) in [5.41, 5.74) is 4.21. The third-order valence-electron chi connectivity index (χ3n) is 6.39. The van der Waals surface area contributed by atoms with Gasteiger partial charge < -0.3 is 25.0 Å². The number of carbonyl (C=O) groups is 2. The van der Waals surface area contributed by atoms with Gasteiger partial charge in [-0.2, -0.15) is 9.90 Å². The number of likely N-dealkylation sites (tertiary alicyclic amines) is 1. The Kier molecular flexibility index (Phi) is 6.92. The fourth-order valence-corrected chi connectivity index (χ4v) is 4.28. The van der Waals surface area contributed by atoms with Crippen LogP contribution in [-0.4, -0.2) is 86.7 Å². The first-order valence-corrected chi connectivity index (χ1v) is 12.1. The predicted octanol–water partition coefficient (Wildman–Crippen LogP) is 2.62. The molecule has 2 N–H and O–H groups in total. The molecule has 1 atom stereocenters. The number of methoxy groups -OCH3 is 2. The molecule has 1 aliphatic rings. The zero-order chi connectivity index (χ0) is 26.8. The Morgan fingerprint density at radius 3 is 2.76 bits per heavy atom. The molecule has 13 nitrogen and oxygen atoms in total. The molecule has 13 heteroatoms. The SMILES string of the molecule is COC[C@@H](C)Nc1ccn2ncc(C(=O)Nc3cc(-c4nnn(C5CN(C(=O)OC)C5)n4)ccc3C)c2c1. The second-order valence-electron chi connectivity index (χ2n) is 9.25. The minimum Gasteiger partial charge on any atom is -0.453 e. The number of anilines is 2. The molecule has 1 saturated heterocycles. The molecule has 0 saturated carbocycles. The van der Waals surface area contributed by atoms with Crippen molar-refractivity contribution >= 4 is 28.9 Å². The summed E-state index contributed by atoms with van der Waals surface area (Å²) in [5, 5.41) is 23.5. The molecular weight excluding hydrogens is 490 g/mol. The van der Waals surface area contributed by atoms with E-state index in [0.29, 0.717) is 47.9 Å². The second kappa shape index (κ2) is 10.5. The van der Waals surface area contributed by atoms with Crippen molar-refractivity contribution in [3.8, 4) is 11.4 Å². The van der Waals surface area contributed by atoms with E-state index in [2.05, 4.69) is 31.1 Å². The molecule has 5 rings (SSSR count). The number of tetrazole rings is 1. The maximum absolute atomic E-state index is 13.3. The van der Waals surface area contributed by atoms with Crippen LogP contribution in [0.3, 0.4) is 0 Å². The van der Waals surface area contributed by atoms with Crippen LogP contribution in [-0.2, 0) is 9.47 Å². The van der Waals surface area contributed by atoms with Gasteiger partial charge in [-0.15, -0.1) is 10.2 Å². The summed E-state index contributed by atoms with van der Waals surface area (Å²) in [6.07, 6.45) is 2.98. The fraction of sp³-hybridized carbons (Fsp3) is 0.360. The Hall–Kier alpha value is -4.52. The first-order valence-electron chi connectivity index (χ1n) is 12.1. The summed E-state index contributed by atoms with van der Waals surface area (Å²) in [5.74, 6) is 0.144. The topological polar surface area (TPSA) is 141 Å². The average molecular weight is 520 g/mol. The molecule has 0 aliphatic carbocycles. The summed E-state index contributed by atoms with van der Waals surface area (Å²) >= 11 is 0. The summed E-state index contributed by atoms with van der Waals surface area (Å²) in [6.45, 7) is 5.40. The number of aromatic nitrogens is 6. The van der Waals surface area contributed by atoms with Crippen molar-refractivity contribution in [2.45, 2.75) is 25.9 Å². The number of benzene rings is 1. The monoisotopic (exact) mass is 519 g/mol. The van der Waals surface area contributed by atoms with E-state index in [1.54, 1.807) is 28.9 Å². The largest absolute Gasteiger partial charge is 0.453 e. The lowest BCUT2D eigenvalue weighted by molar-refractivity contribution is 0.0621. The van der Waals surface area contributed by atoms with Gasteiger partial charge in [-0.05, 0) is 42.8 Å². The zero-order valence-corrected chi connectivity index (χ0v) is 21.6. The van der Waals surface area contributed by atoms with Crippen LogP contribution >= 0.6 is 0 Å². The number of aryl methyl sites for hydroxylation is 1. The number of nitrogens with one attached hydrogen (secondary N) is 2. The maximum Gasteiger partial charge on any atom is 0.409 e. The highest BCUT2D eigenvalue weighted by atomic mass is 16.5. The van der Waals surface area contributed by atoms with Gasteiger partial charge >= 0.3 is 6.09 Å². The van der Waals surface area contributed by atoms with Crippen LogP contribution < -0.4 is 10.6 Å². The molecule has 0 radical (unpaired) electrons. The molecule has 0 bridgehead atoms. The summed E-state index contributed by atoms with van der Waals surface area (Å²) in [7, 11) is 3.01. The summed E-state index contributed by atoms with van der Waals surface area (Å²) in [4.78, 5) is 27.9. The third kappa shape index (κ3) is 5.00. The lowest BCUT2D eigenvalue weighted by atomic mass is 10.1. The van der Waals surface area contributed by atoms with Gasteiger partial charge in [0.15, 0.2) is 0 Å². The van der Waals surface area contributed by atoms with E-state index in [9.17, 15) is 9.59 Å². The molecule has 4 aromatic rings. The van der Waals surface area contributed by atoms with Crippen LogP contribution in [0.15, 0.2) is 42.7 Å². The highest BCUT2D eigenvalue weighted by Gasteiger charge is 2.34. The maximum atomic E-state index is 13.3. The highest BCUT2D eigenvalue weighted by Crippen LogP contribution is 2.26. The number of fused-ring (bicyclic) bond motifs is 1. The summed E-state index contributed by atoms with van der Waals surface area (Å²) < 4.78 is 11.6. The summed E-state index contributed by atoms with van der Waals surface area (Å²) in [6, 6.07) is 9.43. The molecule has 198 valence electrons. The highest BCUT2D eigenvalue weighted by molar-refractivity contribution is 6.09. The Balaban J connectivity index is 1.32. The van der Waals surface area contributed by atoms with E-state index < -0.39 is 0 Å². The van der Waals surface area contributed by atoms with E-state index in [1.807, 2.05) is 44.2 Å². The minimum absolute atomic E-state index is 0.0625. The van der Waals surface area contributed by atoms with Crippen molar-refractivity contribution in [3.05, 3.63) is 53.9 Å². The Morgan fingerprint density at radius 2 is 2.00 bits per heavy atom. The lowest BCUT2D eigenvalue weighted by Crippen LogP contribution is -2.51. The number of ether oxygens (including phenoxy) is 2. The van der Waals surface area contributed by atoms with Gasteiger partial charge in [-0.3, -0.25) is 4.79 Å². The van der Waals surface area contributed by atoms with Gasteiger partial charge in [0.25, 0.3) is 5.91 Å². The number of pyridine rings is 1. The van der Waals surface area contributed by atoms with E-state index in [4.69, 9.17) is 9.47 Å². The van der Waals surface area contributed by atoms with E-state index in [0.717, 1.165) is 11.3 Å². The minimum atomic E-state index is -0.375. The van der Waals surface area contributed by atoms with Gasteiger partial charge in [-0.25, -0.2) is 9.31 Å². The van der Waals surface area contributed by atoms with Crippen LogP contribution in [0.5, 0.6) is 0 Å². The van der Waals surface area contributed by atoms with Crippen molar-refractivity contribution in [1.29, 1.82) is 0 Å². The van der Waals surface area contributed by atoms with Crippen LogP contribution in [0.1, 0.15) is 28.9 Å². The lowest BCUT2D eigenvalue weighted by Gasteiger charge is -2.36. The molecule has 1 fully saturated rings. The van der Waals surface area contributed by atoms with Crippen molar-refractivity contribution in [1.82, 2.24) is 34.7 Å². The first kappa shape index (κ1) is 25.1. The smallest absolute Gasteiger partial charge is 0.409 e. The fourth-order valence-electron chi connectivity index (χ4n) is 4.28. The standard InChI is InChI=1S/C25H29N9O4/c1-15-5-6-17(23-29-31-34(30-23)19-12-32(13-19)25(36)38-4)9-21(15)28-24(35)20-11-26-33-8-7-18(10-22(20)33)27-16(2)14-37-3/h5-11,16,19,27H,12-14H2,1-4H3,(H,28,35)/t16-/m1/s1. The van der Waals surface area contributed by atoms with Gasteiger partial charge in [-0.1, -0.05) is 12.1 Å². The van der Waals surface area contributed by atoms with Crippen LogP contribution in [0, 0.1) is 6.92 Å². The Bertz CT molecular complexity index is 1470. The number of carbonyl (C=O) groups excluding carboxylic acids is 2. The van der Waals surface area contributed by atoms with Gasteiger partial charge in [0.05, 0.1) is 44.1 Å². The average Bonchev–Trinajstić information content (AvgIpc) is 3.52. The van der Waals surface area contributed by atoms with Gasteiger partial charge in [0.1, 0.15) is 6.04 Å². The van der Waals surface area contributed by atoms with Crippen molar-refractivity contribution in [2.75, 3.05) is 44.5 Å². The van der Waals surface area contributed by atoms with Crippen molar-refractivity contribution in [3.63, 3.8) is 0 Å². The normalized spacial score (nSPS) is 14.3. The Morgan fingerprint density at radius 1 is 1.18 bits per heavy atom. The number of hydrogen-bond donors (Lipinski definition) is 2. The van der Waals surface area contributed by atoms with Gasteiger partial charge in [0.2, 0.25) is 5.82 Å². The number of hydrogen-bond acceptors (Lipinski definition) is 9. The molecule has 2 amide bonds. The van der Waals surface area contributed by atoms with Crippen LogP contribution in [0.2, 0.25) is 0 Å². The molecule has 1 aliphatic heterocycles. The quantitative estimate of drug-likeness (QED) is 0.359. The molecule has 0 unspecified atom stereocenters. The van der Waals surface area contributed by atoms with Crippen LogP contribution in [0.4, 0.5) is 16.2 Å². The van der Waals surface area contributed by atoms with E-state index in [1.165, 1.54) is 11.9 Å². The predicted molar refractivity (Wildman–Crippen MR) is 139 cm³/mol. The number of rotatable bonds is 8.